The molecule has 0 aromatic carbocycles. The van der Waals surface area contributed by atoms with E-state index in [0.717, 1.165) is 5.76 Å². The zero-order valence-electron chi connectivity index (χ0n) is 10.3. The SMILES string of the molecule is COCCn1ncc(Cl)c1C(O)c1ccc(C)o1. The van der Waals surface area contributed by atoms with Gasteiger partial charge in [-0.15, -0.1) is 0 Å². The van der Waals surface area contributed by atoms with Crippen LogP contribution in [0.3, 0.4) is 0 Å². The Morgan fingerprint density at radius 3 is 2.94 bits per heavy atom. The Hall–Kier alpha value is -1.30. The van der Waals surface area contributed by atoms with E-state index < -0.39 is 6.10 Å². The lowest BCUT2D eigenvalue weighted by Gasteiger charge is -2.12. The average molecular weight is 271 g/mol. The highest BCUT2D eigenvalue weighted by molar-refractivity contribution is 6.31. The van der Waals surface area contributed by atoms with Crippen molar-refractivity contribution >= 4 is 11.6 Å². The van der Waals surface area contributed by atoms with Crippen molar-refractivity contribution in [2.75, 3.05) is 13.7 Å². The van der Waals surface area contributed by atoms with Crippen LogP contribution in [0.4, 0.5) is 0 Å². The van der Waals surface area contributed by atoms with Crippen molar-refractivity contribution in [1.82, 2.24) is 9.78 Å². The third-order valence-corrected chi connectivity index (χ3v) is 2.92. The highest BCUT2D eigenvalue weighted by Crippen LogP contribution is 2.29. The fourth-order valence-corrected chi connectivity index (χ4v) is 1.98. The van der Waals surface area contributed by atoms with Gasteiger partial charge in [0, 0.05) is 7.11 Å². The lowest BCUT2D eigenvalue weighted by atomic mass is 10.2. The van der Waals surface area contributed by atoms with Gasteiger partial charge >= 0.3 is 0 Å². The molecule has 1 N–H and O–H groups in total. The molecule has 0 saturated heterocycles. The summed E-state index contributed by atoms with van der Waals surface area (Å²) in [5.41, 5.74) is 0.517. The first kappa shape index (κ1) is 13.1. The first-order chi connectivity index (χ1) is 8.63. The molecular weight excluding hydrogens is 256 g/mol. The Morgan fingerprint density at radius 2 is 2.33 bits per heavy atom. The highest BCUT2D eigenvalue weighted by atomic mass is 35.5. The molecule has 18 heavy (non-hydrogen) atoms. The minimum absolute atomic E-state index is 0.410. The number of furan rings is 1. The van der Waals surface area contributed by atoms with Crippen LogP contribution in [-0.4, -0.2) is 28.6 Å². The molecular formula is C12H15ClN2O3. The summed E-state index contributed by atoms with van der Waals surface area (Å²) < 4.78 is 12.0. The number of ether oxygens (including phenoxy) is 1. The van der Waals surface area contributed by atoms with Crippen molar-refractivity contribution in [2.24, 2.45) is 0 Å². The van der Waals surface area contributed by atoms with Gasteiger partial charge in [0.05, 0.1) is 30.1 Å². The number of aromatic nitrogens is 2. The van der Waals surface area contributed by atoms with Crippen LogP contribution in [0.5, 0.6) is 0 Å². The molecule has 0 fully saturated rings. The van der Waals surface area contributed by atoms with Gasteiger partial charge in [-0.3, -0.25) is 4.68 Å². The summed E-state index contributed by atoms with van der Waals surface area (Å²) in [5, 5.41) is 14.8. The zero-order valence-corrected chi connectivity index (χ0v) is 11.0. The molecule has 98 valence electrons. The summed E-state index contributed by atoms with van der Waals surface area (Å²) in [4.78, 5) is 0. The molecule has 0 aliphatic heterocycles. The van der Waals surface area contributed by atoms with Crippen LogP contribution in [-0.2, 0) is 11.3 Å². The average Bonchev–Trinajstić information content (AvgIpc) is 2.92. The fraction of sp³-hybridized carbons (Fsp3) is 0.417. The minimum atomic E-state index is -0.925. The second-order valence-electron chi connectivity index (χ2n) is 3.94. The first-order valence-corrected chi connectivity index (χ1v) is 5.96. The van der Waals surface area contributed by atoms with Crippen LogP contribution in [0.25, 0.3) is 0 Å². The molecule has 0 saturated carbocycles. The topological polar surface area (TPSA) is 60.4 Å². The molecule has 0 spiro atoms. The zero-order chi connectivity index (χ0) is 13.1. The van der Waals surface area contributed by atoms with Crippen molar-refractivity contribution in [3.63, 3.8) is 0 Å². The first-order valence-electron chi connectivity index (χ1n) is 5.58. The van der Waals surface area contributed by atoms with Gasteiger partial charge in [0.1, 0.15) is 11.5 Å². The number of hydrogen-bond donors (Lipinski definition) is 1. The van der Waals surface area contributed by atoms with E-state index in [2.05, 4.69) is 5.10 Å². The molecule has 0 aliphatic carbocycles. The summed E-state index contributed by atoms with van der Waals surface area (Å²) >= 11 is 6.05. The Balaban J connectivity index is 2.28. The van der Waals surface area contributed by atoms with Crippen molar-refractivity contribution in [3.8, 4) is 0 Å². The number of aliphatic hydroxyl groups is 1. The smallest absolute Gasteiger partial charge is 0.155 e. The fourth-order valence-electron chi connectivity index (χ4n) is 1.73. The molecule has 2 aromatic rings. The van der Waals surface area contributed by atoms with Gasteiger partial charge in [-0.1, -0.05) is 11.6 Å². The number of hydrogen-bond acceptors (Lipinski definition) is 4. The molecule has 1 unspecified atom stereocenters. The molecule has 5 nitrogen and oxygen atoms in total. The molecule has 1 atom stereocenters. The van der Waals surface area contributed by atoms with Crippen LogP contribution in [0.15, 0.2) is 22.7 Å². The van der Waals surface area contributed by atoms with Gasteiger partial charge in [-0.2, -0.15) is 5.10 Å². The highest BCUT2D eigenvalue weighted by Gasteiger charge is 2.22. The predicted molar refractivity (Wildman–Crippen MR) is 66.6 cm³/mol. The van der Waals surface area contributed by atoms with Gasteiger partial charge < -0.3 is 14.3 Å². The number of methoxy groups -OCH3 is 1. The van der Waals surface area contributed by atoms with Crippen LogP contribution in [0.1, 0.15) is 23.3 Å². The van der Waals surface area contributed by atoms with E-state index >= 15 is 0 Å². The molecule has 0 aliphatic rings. The lowest BCUT2D eigenvalue weighted by molar-refractivity contribution is 0.160. The van der Waals surface area contributed by atoms with E-state index in [4.69, 9.17) is 20.8 Å². The van der Waals surface area contributed by atoms with E-state index in [0.29, 0.717) is 29.6 Å². The quantitative estimate of drug-likeness (QED) is 0.904. The number of halogens is 1. The number of aryl methyl sites for hydroxylation is 1. The molecule has 6 heteroatoms. The minimum Gasteiger partial charge on any atom is -0.463 e. The maximum Gasteiger partial charge on any atom is 0.155 e. The summed E-state index contributed by atoms with van der Waals surface area (Å²) in [7, 11) is 1.61. The van der Waals surface area contributed by atoms with Crippen LogP contribution < -0.4 is 0 Å². The Kier molecular flexibility index (Phi) is 4.06. The molecule has 2 rings (SSSR count). The van der Waals surface area contributed by atoms with E-state index in [1.807, 2.05) is 6.92 Å². The lowest BCUT2D eigenvalue weighted by Crippen LogP contribution is -2.13. The number of rotatable bonds is 5. The Morgan fingerprint density at radius 1 is 1.56 bits per heavy atom. The summed E-state index contributed by atoms with van der Waals surface area (Å²) in [6.45, 7) is 2.84. The molecule has 0 bridgehead atoms. The Labute approximate surface area is 110 Å². The van der Waals surface area contributed by atoms with E-state index in [-0.39, 0.29) is 0 Å². The van der Waals surface area contributed by atoms with Gasteiger partial charge in [0.15, 0.2) is 6.10 Å². The number of nitrogens with zero attached hydrogens (tertiary/aromatic N) is 2. The van der Waals surface area contributed by atoms with E-state index in [9.17, 15) is 5.11 Å². The van der Waals surface area contributed by atoms with Gasteiger partial charge in [-0.05, 0) is 19.1 Å². The van der Waals surface area contributed by atoms with Gasteiger partial charge in [0.25, 0.3) is 0 Å². The maximum atomic E-state index is 10.3. The summed E-state index contributed by atoms with van der Waals surface area (Å²) in [6.07, 6.45) is 0.580. The molecule has 2 heterocycles. The monoisotopic (exact) mass is 270 g/mol. The summed E-state index contributed by atoms with van der Waals surface area (Å²) in [5.74, 6) is 1.19. The van der Waals surface area contributed by atoms with E-state index in [1.165, 1.54) is 6.20 Å². The molecule has 0 amide bonds. The van der Waals surface area contributed by atoms with Crippen molar-refractivity contribution < 1.29 is 14.3 Å². The largest absolute Gasteiger partial charge is 0.463 e. The van der Waals surface area contributed by atoms with Crippen LogP contribution >= 0.6 is 11.6 Å². The van der Waals surface area contributed by atoms with Crippen molar-refractivity contribution in [1.29, 1.82) is 0 Å². The maximum absolute atomic E-state index is 10.3. The predicted octanol–water partition coefficient (Wildman–Crippen LogP) is 2.17. The normalized spacial score (nSPS) is 12.9. The van der Waals surface area contributed by atoms with Gasteiger partial charge in [0.2, 0.25) is 0 Å². The van der Waals surface area contributed by atoms with Crippen LogP contribution in [0.2, 0.25) is 5.02 Å². The second kappa shape index (κ2) is 5.56. The molecule has 2 aromatic heterocycles. The summed E-state index contributed by atoms with van der Waals surface area (Å²) in [6, 6.07) is 3.52. The number of aliphatic hydroxyl groups excluding tert-OH is 1. The second-order valence-corrected chi connectivity index (χ2v) is 4.35. The van der Waals surface area contributed by atoms with Crippen LogP contribution in [0, 0.1) is 6.92 Å². The van der Waals surface area contributed by atoms with Crippen molar-refractivity contribution in [3.05, 3.63) is 40.6 Å². The molecule has 0 radical (unpaired) electrons. The Bertz CT molecular complexity index is 521. The standard InChI is InChI=1S/C12H15ClN2O3/c1-8-3-4-10(18-8)12(16)11-9(13)7-14-15(11)5-6-17-2/h3-4,7,12,16H,5-6H2,1-2H3. The van der Waals surface area contributed by atoms with E-state index in [1.54, 1.807) is 23.9 Å². The van der Waals surface area contributed by atoms with Crippen molar-refractivity contribution in [2.45, 2.75) is 19.6 Å². The van der Waals surface area contributed by atoms with Gasteiger partial charge in [-0.25, -0.2) is 0 Å². The third kappa shape index (κ3) is 2.58. The third-order valence-electron chi connectivity index (χ3n) is 2.63.